The molecule has 4 nitrogen and oxygen atoms in total. The van der Waals surface area contributed by atoms with Gasteiger partial charge < -0.3 is 15.7 Å². The van der Waals surface area contributed by atoms with Crippen molar-refractivity contribution in [3.8, 4) is 0 Å². The summed E-state index contributed by atoms with van der Waals surface area (Å²) < 4.78 is 5.67. The molecule has 0 aromatic carbocycles. The molecule has 3 N–H and O–H groups in total. The van der Waals surface area contributed by atoms with E-state index in [1.54, 1.807) is 0 Å². The Labute approximate surface area is 85.1 Å². The minimum Gasteiger partial charge on any atom is -0.409 e. The lowest BCUT2D eigenvalue weighted by atomic mass is 10.0. The Bertz CT molecular complexity index is 212. The van der Waals surface area contributed by atoms with Gasteiger partial charge in [-0.1, -0.05) is 12.1 Å². The number of nitrogens with two attached hydrogens (primary N) is 1. The summed E-state index contributed by atoms with van der Waals surface area (Å²) >= 11 is 0. The van der Waals surface area contributed by atoms with Crippen LogP contribution in [0, 0.1) is 5.41 Å². The van der Waals surface area contributed by atoms with E-state index in [1.807, 2.05) is 0 Å². The average Bonchev–Trinajstić information content (AvgIpc) is 2.94. The van der Waals surface area contributed by atoms with E-state index in [4.69, 9.17) is 15.7 Å². The van der Waals surface area contributed by atoms with E-state index in [-0.39, 0.29) is 5.41 Å². The molecule has 1 fully saturated rings. The van der Waals surface area contributed by atoms with Crippen LogP contribution in [0.15, 0.2) is 5.16 Å². The third kappa shape index (κ3) is 3.18. The van der Waals surface area contributed by atoms with Crippen molar-refractivity contribution < 1.29 is 9.94 Å². The zero-order valence-electron chi connectivity index (χ0n) is 8.99. The van der Waals surface area contributed by atoms with Crippen molar-refractivity contribution in [1.82, 2.24) is 0 Å². The highest BCUT2D eigenvalue weighted by Gasteiger charge is 2.43. The first kappa shape index (κ1) is 11.3. The molecule has 0 aromatic heterocycles. The Morgan fingerprint density at radius 2 is 2.29 bits per heavy atom. The lowest BCUT2D eigenvalue weighted by Crippen LogP contribution is -2.23. The van der Waals surface area contributed by atoms with Gasteiger partial charge in [0.25, 0.3) is 0 Å². The molecule has 1 rings (SSSR count). The maximum absolute atomic E-state index is 8.47. The van der Waals surface area contributed by atoms with Crippen LogP contribution in [0.2, 0.25) is 0 Å². The summed E-state index contributed by atoms with van der Waals surface area (Å²) in [4.78, 5) is 0. The minimum atomic E-state index is 0.166. The number of nitrogens with zero attached hydrogens (tertiary/aromatic N) is 1. The Morgan fingerprint density at radius 1 is 1.64 bits per heavy atom. The third-order valence-electron chi connectivity index (χ3n) is 2.89. The van der Waals surface area contributed by atoms with Gasteiger partial charge >= 0.3 is 0 Å². The Morgan fingerprint density at radius 3 is 2.71 bits per heavy atom. The van der Waals surface area contributed by atoms with Gasteiger partial charge in [0, 0.05) is 11.8 Å². The highest BCUT2D eigenvalue weighted by molar-refractivity contribution is 5.80. The molecule has 4 heteroatoms. The zero-order chi connectivity index (χ0) is 10.6. The van der Waals surface area contributed by atoms with Crippen molar-refractivity contribution in [3.05, 3.63) is 0 Å². The molecule has 0 saturated heterocycles. The van der Waals surface area contributed by atoms with Crippen LogP contribution >= 0.6 is 0 Å². The molecule has 14 heavy (non-hydrogen) atoms. The van der Waals surface area contributed by atoms with E-state index < -0.39 is 0 Å². The fraction of sp³-hybridized carbons (Fsp3) is 0.900. The van der Waals surface area contributed by atoms with Gasteiger partial charge in [0.05, 0.1) is 12.7 Å². The highest BCUT2D eigenvalue weighted by atomic mass is 16.5. The number of amidine groups is 1. The van der Waals surface area contributed by atoms with Crippen molar-refractivity contribution in [2.45, 2.75) is 45.6 Å². The predicted molar refractivity (Wildman–Crippen MR) is 55.4 cm³/mol. The van der Waals surface area contributed by atoms with Crippen molar-refractivity contribution >= 4 is 5.84 Å². The van der Waals surface area contributed by atoms with Crippen LogP contribution < -0.4 is 5.73 Å². The molecule has 0 bridgehead atoms. The summed E-state index contributed by atoms with van der Waals surface area (Å²) in [6.07, 6.45) is 4.23. The number of ether oxygens (including phenoxy) is 1. The molecule has 0 aromatic rings. The fourth-order valence-corrected chi connectivity index (χ4v) is 1.41. The predicted octanol–water partition coefficient (Wildman–Crippen LogP) is 1.72. The van der Waals surface area contributed by atoms with E-state index in [0.717, 1.165) is 25.9 Å². The maximum atomic E-state index is 8.47. The quantitative estimate of drug-likeness (QED) is 0.297. The van der Waals surface area contributed by atoms with E-state index >= 15 is 0 Å². The molecule has 82 valence electrons. The van der Waals surface area contributed by atoms with Crippen molar-refractivity contribution in [1.29, 1.82) is 0 Å². The van der Waals surface area contributed by atoms with Crippen LogP contribution in [0.1, 0.15) is 39.5 Å². The second-order valence-corrected chi connectivity index (χ2v) is 4.30. The minimum absolute atomic E-state index is 0.166. The lowest BCUT2D eigenvalue weighted by molar-refractivity contribution is 0.0324. The van der Waals surface area contributed by atoms with Crippen LogP contribution in [-0.2, 0) is 4.74 Å². The highest BCUT2D eigenvalue weighted by Crippen LogP contribution is 2.49. The number of hydrogen-bond donors (Lipinski definition) is 2. The molecule has 1 atom stereocenters. The Balaban J connectivity index is 2.29. The topological polar surface area (TPSA) is 67.8 Å². The van der Waals surface area contributed by atoms with Crippen molar-refractivity contribution in [2.24, 2.45) is 16.3 Å². The maximum Gasteiger partial charge on any atom is 0.139 e. The molecule has 0 heterocycles. The van der Waals surface area contributed by atoms with Crippen LogP contribution in [0.5, 0.6) is 0 Å². The zero-order valence-corrected chi connectivity index (χ0v) is 8.99. The van der Waals surface area contributed by atoms with Crippen LogP contribution in [0.3, 0.4) is 0 Å². The van der Waals surface area contributed by atoms with Gasteiger partial charge in [-0.25, -0.2) is 0 Å². The number of oxime groups is 1. The van der Waals surface area contributed by atoms with E-state index in [2.05, 4.69) is 19.0 Å². The summed E-state index contributed by atoms with van der Waals surface area (Å²) in [5.74, 6) is 0.315. The molecule has 1 saturated carbocycles. The van der Waals surface area contributed by atoms with Crippen LogP contribution in [0.4, 0.5) is 0 Å². The lowest BCUT2D eigenvalue weighted by Gasteiger charge is -2.17. The van der Waals surface area contributed by atoms with Gasteiger partial charge in [-0.15, -0.1) is 0 Å². The van der Waals surface area contributed by atoms with Gasteiger partial charge in [0.15, 0.2) is 0 Å². The molecule has 0 spiro atoms. The monoisotopic (exact) mass is 200 g/mol. The third-order valence-corrected chi connectivity index (χ3v) is 2.89. The fourth-order valence-electron chi connectivity index (χ4n) is 1.41. The van der Waals surface area contributed by atoms with Gasteiger partial charge in [0.1, 0.15) is 5.84 Å². The molecule has 1 aliphatic carbocycles. The van der Waals surface area contributed by atoms with Gasteiger partial charge in [-0.3, -0.25) is 0 Å². The molecule has 0 amide bonds. The van der Waals surface area contributed by atoms with Gasteiger partial charge in [0.2, 0.25) is 0 Å². The number of rotatable bonds is 6. The second-order valence-electron chi connectivity index (χ2n) is 4.30. The largest absolute Gasteiger partial charge is 0.409 e. The van der Waals surface area contributed by atoms with Crippen LogP contribution in [-0.4, -0.2) is 23.8 Å². The van der Waals surface area contributed by atoms with Gasteiger partial charge in [-0.2, -0.15) is 0 Å². The van der Waals surface area contributed by atoms with Crippen molar-refractivity contribution in [2.75, 3.05) is 6.61 Å². The average molecular weight is 200 g/mol. The number of hydrogen-bond acceptors (Lipinski definition) is 3. The summed E-state index contributed by atoms with van der Waals surface area (Å²) in [6.45, 7) is 4.91. The van der Waals surface area contributed by atoms with E-state index in [1.165, 1.54) is 0 Å². The summed E-state index contributed by atoms with van der Waals surface area (Å²) in [7, 11) is 0. The first-order valence-corrected chi connectivity index (χ1v) is 5.20. The molecule has 0 aliphatic heterocycles. The SMILES string of the molecule is CCC(C)OCC1(CC(N)=NO)CC1. The van der Waals surface area contributed by atoms with Crippen LogP contribution in [0.25, 0.3) is 0 Å². The van der Waals surface area contributed by atoms with E-state index in [0.29, 0.717) is 18.4 Å². The molecular formula is C10H20N2O2. The molecule has 1 aliphatic rings. The first-order chi connectivity index (χ1) is 6.62. The standard InChI is InChI=1S/C10H20N2O2/c1-3-8(2)14-7-10(4-5-10)6-9(11)12-13/h8,13H,3-7H2,1-2H3,(H2,11,12). The van der Waals surface area contributed by atoms with E-state index in [9.17, 15) is 0 Å². The summed E-state index contributed by atoms with van der Waals surface area (Å²) in [5, 5.41) is 11.5. The Hall–Kier alpha value is -0.770. The summed E-state index contributed by atoms with van der Waals surface area (Å²) in [5.41, 5.74) is 5.65. The normalized spacial score (nSPS) is 22.0. The Kier molecular flexibility index (Phi) is 3.75. The smallest absolute Gasteiger partial charge is 0.139 e. The summed E-state index contributed by atoms with van der Waals surface area (Å²) in [6, 6.07) is 0. The second kappa shape index (κ2) is 4.64. The van der Waals surface area contributed by atoms with Gasteiger partial charge in [-0.05, 0) is 26.2 Å². The molecule has 1 unspecified atom stereocenters. The molecular weight excluding hydrogens is 180 g/mol. The van der Waals surface area contributed by atoms with Crippen molar-refractivity contribution in [3.63, 3.8) is 0 Å². The molecule has 0 radical (unpaired) electrons. The first-order valence-electron chi connectivity index (χ1n) is 5.20.